The summed E-state index contributed by atoms with van der Waals surface area (Å²) in [6, 6.07) is 15.5. The second-order valence-electron chi connectivity index (χ2n) is 12.9. The number of halogens is 1. The van der Waals surface area contributed by atoms with Crippen LogP contribution in [0, 0.1) is 39.9 Å². The second kappa shape index (κ2) is 12.1. The highest BCUT2D eigenvalue weighted by Gasteiger charge is 2.64. The molecule has 2 aromatic carbocycles. The Labute approximate surface area is 249 Å². The van der Waals surface area contributed by atoms with Crippen molar-refractivity contribution in [2.24, 2.45) is 16.7 Å². The lowest BCUT2D eigenvalue weighted by atomic mass is 9.49. The Hall–Kier alpha value is -3.03. The standard InChI is InChI=1S/C34H41ClN4O2/c1-33(2)31(34(3,4)32(33)41-28-12-11-26(22-36)29(35)21-28)38-30(40)25-9-7-23(8-10-25)5-6-24-15-19-39(20-16-24)27-13-17-37-18-14-27/h7-12,21,24,27,31-32,37H,13-20H2,1-4H3,(H,38,40)/t31-,32-. The highest BCUT2D eigenvalue weighted by Crippen LogP contribution is 2.55. The largest absolute Gasteiger partial charge is 0.489 e. The smallest absolute Gasteiger partial charge is 0.251 e. The summed E-state index contributed by atoms with van der Waals surface area (Å²) in [7, 11) is 0. The van der Waals surface area contributed by atoms with E-state index in [0.717, 1.165) is 50.6 Å². The zero-order valence-corrected chi connectivity index (χ0v) is 25.4. The fourth-order valence-electron chi connectivity index (χ4n) is 7.28. The lowest BCUT2D eigenvalue weighted by Gasteiger charge is -2.63. The summed E-state index contributed by atoms with van der Waals surface area (Å²) >= 11 is 6.21. The van der Waals surface area contributed by atoms with Crippen LogP contribution in [0.4, 0.5) is 0 Å². The van der Waals surface area contributed by atoms with Gasteiger partial charge >= 0.3 is 0 Å². The SMILES string of the molecule is CC1(C)[C@H](NC(=O)c2ccc(C#CC3CCN(C4CCNCC4)CC3)cc2)C(C)(C)[C@H]1Oc1ccc(C#N)c(Cl)c1. The highest BCUT2D eigenvalue weighted by molar-refractivity contribution is 6.31. The van der Waals surface area contributed by atoms with Gasteiger partial charge in [0, 0.05) is 46.0 Å². The molecular formula is C34H41ClN4O2. The first-order valence-corrected chi connectivity index (χ1v) is 15.2. The van der Waals surface area contributed by atoms with Crippen molar-refractivity contribution in [3.8, 4) is 23.7 Å². The van der Waals surface area contributed by atoms with E-state index in [0.29, 0.717) is 27.8 Å². The van der Waals surface area contributed by atoms with E-state index in [1.165, 1.54) is 12.8 Å². The number of nitrogens with one attached hydrogen (secondary N) is 2. The van der Waals surface area contributed by atoms with Crippen molar-refractivity contribution in [2.75, 3.05) is 26.2 Å². The van der Waals surface area contributed by atoms with Gasteiger partial charge in [-0.3, -0.25) is 4.79 Å². The molecule has 2 saturated heterocycles. The second-order valence-corrected chi connectivity index (χ2v) is 13.3. The van der Waals surface area contributed by atoms with Gasteiger partial charge in [0.05, 0.1) is 10.6 Å². The van der Waals surface area contributed by atoms with Gasteiger partial charge in [-0.25, -0.2) is 0 Å². The number of rotatable bonds is 5. The fourth-order valence-corrected chi connectivity index (χ4v) is 7.49. The Balaban J connectivity index is 1.15. The average molecular weight is 573 g/mol. The fraction of sp³-hybridized carbons (Fsp3) is 0.529. The molecule has 3 aliphatic rings. The van der Waals surface area contributed by atoms with Gasteiger partial charge in [-0.1, -0.05) is 51.1 Å². The molecule has 2 aliphatic heterocycles. The molecule has 2 heterocycles. The van der Waals surface area contributed by atoms with Gasteiger partial charge in [0.1, 0.15) is 17.9 Å². The van der Waals surface area contributed by atoms with Crippen LogP contribution < -0.4 is 15.4 Å². The predicted molar refractivity (Wildman–Crippen MR) is 163 cm³/mol. The van der Waals surface area contributed by atoms with Crippen LogP contribution in [0.5, 0.6) is 5.75 Å². The molecule has 0 radical (unpaired) electrons. The number of likely N-dealkylation sites (tertiary alicyclic amines) is 1. The Bertz CT molecular complexity index is 1340. The molecule has 1 saturated carbocycles. The molecule has 0 unspecified atom stereocenters. The van der Waals surface area contributed by atoms with E-state index in [4.69, 9.17) is 21.6 Å². The van der Waals surface area contributed by atoms with Crippen molar-refractivity contribution in [2.45, 2.75) is 71.6 Å². The van der Waals surface area contributed by atoms with Crippen molar-refractivity contribution in [1.29, 1.82) is 5.26 Å². The van der Waals surface area contributed by atoms with E-state index in [9.17, 15) is 4.79 Å². The van der Waals surface area contributed by atoms with Crippen LogP contribution in [0.3, 0.4) is 0 Å². The van der Waals surface area contributed by atoms with E-state index in [-0.39, 0.29) is 28.9 Å². The molecule has 3 fully saturated rings. The van der Waals surface area contributed by atoms with E-state index in [2.05, 4.69) is 61.1 Å². The number of hydrogen-bond donors (Lipinski definition) is 2. The average Bonchev–Trinajstić information content (AvgIpc) is 2.98. The van der Waals surface area contributed by atoms with Crippen LogP contribution in [-0.4, -0.2) is 55.2 Å². The zero-order valence-electron chi connectivity index (χ0n) is 24.6. The molecule has 5 rings (SSSR count). The minimum absolute atomic E-state index is 0.0865. The molecule has 1 aliphatic carbocycles. The Kier molecular flexibility index (Phi) is 8.67. The van der Waals surface area contributed by atoms with Crippen molar-refractivity contribution in [3.63, 3.8) is 0 Å². The number of hydrogen-bond acceptors (Lipinski definition) is 5. The summed E-state index contributed by atoms with van der Waals surface area (Å²) in [6.45, 7) is 13.0. The molecule has 6 nitrogen and oxygen atoms in total. The first-order valence-electron chi connectivity index (χ1n) is 14.8. The number of nitrogens with zero attached hydrogens (tertiary/aromatic N) is 2. The highest BCUT2D eigenvalue weighted by atomic mass is 35.5. The summed E-state index contributed by atoms with van der Waals surface area (Å²) in [6.07, 6.45) is 4.64. The molecule has 41 heavy (non-hydrogen) atoms. The third-order valence-corrected chi connectivity index (χ3v) is 9.66. The third-order valence-electron chi connectivity index (χ3n) is 9.35. The van der Waals surface area contributed by atoms with Crippen molar-refractivity contribution >= 4 is 17.5 Å². The Morgan fingerprint density at radius 2 is 1.68 bits per heavy atom. The molecule has 0 bridgehead atoms. The van der Waals surface area contributed by atoms with Gasteiger partial charge in [-0.15, -0.1) is 0 Å². The maximum Gasteiger partial charge on any atom is 0.251 e. The van der Waals surface area contributed by atoms with Gasteiger partial charge in [-0.2, -0.15) is 5.26 Å². The topological polar surface area (TPSA) is 77.4 Å². The van der Waals surface area contributed by atoms with Crippen LogP contribution in [0.25, 0.3) is 0 Å². The summed E-state index contributed by atoms with van der Waals surface area (Å²) in [5, 5.41) is 16.2. The van der Waals surface area contributed by atoms with Crippen LogP contribution in [-0.2, 0) is 0 Å². The molecule has 216 valence electrons. The van der Waals surface area contributed by atoms with E-state index < -0.39 is 0 Å². The van der Waals surface area contributed by atoms with Crippen LogP contribution >= 0.6 is 11.6 Å². The molecule has 7 heteroatoms. The minimum atomic E-state index is -0.311. The first-order chi connectivity index (χ1) is 19.6. The summed E-state index contributed by atoms with van der Waals surface area (Å²) in [4.78, 5) is 15.9. The van der Waals surface area contributed by atoms with Crippen molar-refractivity contribution in [1.82, 2.24) is 15.5 Å². The van der Waals surface area contributed by atoms with E-state index in [1.54, 1.807) is 18.2 Å². The van der Waals surface area contributed by atoms with E-state index >= 15 is 0 Å². The molecule has 2 N–H and O–H groups in total. The molecule has 2 aromatic rings. The van der Waals surface area contributed by atoms with Gasteiger partial charge in [0.2, 0.25) is 0 Å². The van der Waals surface area contributed by atoms with Gasteiger partial charge in [-0.05, 0) is 88.3 Å². The Morgan fingerprint density at radius 1 is 1.02 bits per heavy atom. The number of ether oxygens (including phenoxy) is 1. The number of carbonyl (C=O) groups excluding carboxylic acids is 1. The first kappa shape index (κ1) is 29.5. The lowest BCUT2D eigenvalue weighted by Crippen LogP contribution is -2.74. The number of carbonyl (C=O) groups is 1. The molecule has 0 atom stereocenters. The number of nitriles is 1. The summed E-state index contributed by atoms with van der Waals surface area (Å²) in [5.74, 6) is 7.80. The van der Waals surface area contributed by atoms with Gasteiger partial charge < -0.3 is 20.3 Å². The summed E-state index contributed by atoms with van der Waals surface area (Å²) < 4.78 is 6.34. The lowest BCUT2D eigenvalue weighted by molar-refractivity contribution is -0.164. The van der Waals surface area contributed by atoms with Gasteiger partial charge in [0.15, 0.2) is 0 Å². The molecule has 0 aromatic heterocycles. The molecule has 0 spiro atoms. The predicted octanol–water partition coefficient (Wildman–Crippen LogP) is 5.64. The zero-order chi connectivity index (χ0) is 29.2. The number of piperidine rings is 2. The maximum absolute atomic E-state index is 13.2. The quantitative estimate of drug-likeness (QED) is 0.454. The van der Waals surface area contributed by atoms with E-state index in [1.807, 2.05) is 24.3 Å². The number of benzene rings is 2. The van der Waals surface area contributed by atoms with Crippen LogP contribution in [0.2, 0.25) is 5.02 Å². The third kappa shape index (κ3) is 6.26. The molecular weight excluding hydrogens is 532 g/mol. The van der Waals surface area contributed by atoms with Crippen LogP contribution in [0.15, 0.2) is 42.5 Å². The normalized spacial score (nSPS) is 24.3. The van der Waals surface area contributed by atoms with Crippen LogP contribution in [0.1, 0.15) is 74.9 Å². The van der Waals surface area contributed by atoms with Crippen molar-refractivity contribution in [3.05, 3.63) is 64.2 Å². The summed E-state index contributed by atoms with van der Waals surface area (Å²) in [5.41, 5.74) is 1.37. The maximum atomic E-state index is 13.2. The van der Waals surface area contributed by atoms with Crippen molar-refractivity contribution < 1.29 is 9.53 Å². The minimum Gasteiger partial charge on any atom is -0.489 e. The Morgan fingerprint density at radius 3 is 2.29 bits per heavy atom. The molecule has 1 amide bonds. The monoisotopic (exact) mass is 572 g/mol. The number of amides is 1. The van der Waals surface area contributed by atoms with Gasteiger partial charge in [0.25, 0.3) is 5.91 Å².